The van der Waals surface area contributed by atoms with E-state index >= 15 is 0 Å². The van der Waals surface area contributed by atoms with E-state index in [1.807, 2.05) is 38.4 Å². The summed E-state index contributed by atoms with van der Waals surface area (Å²) in [6.07, 6.45) is 3.77. The van der Waals surface area contributed by atoms with Gasteiger partial charge in [0.2, 0.25) is 0 Å². The van der Waals surface area contributed by atoms with Gasteiger partial charge in [0.15, 0.2) is 0 Å². The fourth-order valence-electron chi connectivity index (χ4n) is 1.46. The lowest BCUT2D eigenvalue weighted by molar-refractivity contribution is 0.756. The molecule has 0 fully saturated rings. The second-order valence-corrected chi connectivity index (χ2v) is 3.48. The highest BCUT2D eigenvalue weighted by Crippen LogP contribution is 2.12. The van der Waals surface area contributed by atoms with E-state index in [0.29, 0.717) is 0 Å². The van der Waals surface area contributed by atoms with Gasteiger partial charge in [0.05, 0.1) is 23.6 Å². The fraction of sp³-hybridized carbons (Fsp3) is 0.273. The molecule has 78 valence electrons. The summed E-state index contributed by atoms with van der Waals surface area (Å²) in [5.41, 5.74) is 3.09. The van der Waals surface area contributed by atoms with Gasteiger partial charge in [0.25, 0.3) is 0 Å². The second-order valence-electron chi connectivity index (χ2n) is 3.48. The third-order valence-corrected chi connectivity index (χ3v) is 2.20. The molecule has 4 nitrogen and oxygen atoms in total. The van der Waals surface area contributed by atoms with Crippen LogP contribution in [0.5, 0.6) is 0 Å². The molecule has 0 amide bonds. The summed E-state index contributed by atoms with van der Waals surface area (Å²) >= 11 is 0. The molecule has 0 aromatic carbocycles. The number of pyridine rings is 1. The van der Waals surface area contributed by atoms with Crippen LogP contribution in [-0.2, 0) is 13.6 Å². The van der Waals surface area contributed by atoms with Gasteiger partial charge in [0, 0.05) is 19.4 Å². The van der Waals surface area contributed by atoms with Crippen LogP contribution in [0.15, 0.2) is 30.6 Å². The van der Waals surface area contributed by atoms with E-state index in [1.165, 1.54) is 0 Å². The molecular weight excluding hydrogens is 188 g/mol. The molecule has 2 aromatic rings. The molecule has 2 aromatic heterocycles. The van der Waals surface area contributed by atoms with Gasteiger partial charge in [-0.2, -0.15) is 5.10 Å². The molecular formula is C11H14N4. The maximum Gasteiger partial charge on any atom is 0.0825 e. The Bertz CT molecular complexity index is 433. The Morgan fingerprint density at radius 1 is 1.40 bits per heavy atom. The van der Waals surface area contributed by atoms with Crippen LogP contribution in [0.1, 0.15) is 11.4 Å². The molecule has 0 bridgehead atoms. The monoisotopic (exact) mass is 202 g/mol. The molecule has 0 unspecified atom stereocenters. The number of aromatic nitrogens is 3. The molecule has 4 heteroatoms. The predicted octanol–water partition coefficient (Wildman–Crippen LogP) is 1.74. The van der Waals surface area contributed by atoms with Crippen molar-refractivity contribution in [1.29, 1.82) is 0 Å². The van der Waals surface area contributed by atoms with Crippen molar-refractivity contribution in [2.24, 2.45) is 7.05 Å². The Hall–Kier alpha value is -1.84. The van der Waals surface area contributed by atoms with E-state index in [-0.39, 0.29) is 0 Å². The van der Waals surface area contributed by atoms with E-state index in [2.05, 4.69) is 15.4 Å². The summed E-state index contributed by atoms with van der Waals surface area (Å²) in [6.45, 7) is 2.72. The molecule has 0 aliphatic heterocycles. The Labute approximate surface area is 89.0 Å². The highest BCUT2D eigenvalue weighted by atomic mass is 15.3. The molecule has 0 aliphatic carbocycles. The number of rotatable bonds is 3. The number of nitrogens with one attached hydrogen (secondary N) is 1. The molecule has 0 radical (unpaired) electrons. The van der Waals surface area contributed by atoms with Gasteiger partial charge >= 0.3 is 0 Å². The molecule has 2 heterocycles. The minimum Gasteiger partial charge on any atom is -0.377 e. The third kappa shape index (κ3) is 2.34. The zero-order valence-corrected chi connectivity index (χ0v) is 8.94. The number of hydrogen-bond acceptors (Lipinski definition) is 3. The lowest BCUT2D eigenvalue weighted by atomic mass is 10.3. The zero-order valence-electron chi connectivity index (χ0n) is 8.94. The van der Waals surface area contributed by atoms with Crippen molar-refractivity contribution >= 4 is 5.69 Å². The number of hydrogen-bond donors (Lipinski definition) is 1. The largest absolute Gasteiger partial charge is 0.377 e. The Morgan fingerprint density at radius 3 is 2.87 bits per heavy atom. The second kappa shape index (κ2) is 4.13. The van der Waals surface area contributed by atoms with E-state index < -0.39 is 0 Å². The van der Waals surface area contributed by atoms with Crippen LogP contribution in [0.3, 0.4) is 0 Å². The molecule has 0 aliphatic rings. The first-order valence-electron chi connectivity index (χ1n) is 4.90. The quantitative estimate of drug-likeness (QED) is 0.824. The highest BCUT2D eigenvalue weighted by molar-refractivity contribution is 5.45. The highest BCUT2D eigenvalue weighted by Gasteiger charge is 2.01. The van der Waals surface area contributed by atoms with Gasteiger partial charge in [0.1, 0.15) is 0 Å². The van der Waals surface area contributed by atoms with Crippen LogP contribution in [0.2, 0.25) is 0 Å². The third-order valence-electron chi connectivity index (χ3n) is 2.20. The van der Waals surface area contributed by atoms with Crippen molar-refractivity contribution in [2.45, 2.75) is 13.5 Å². The van der Waals surface area contributed by atoms with Crippen LogP contribution in [-0.4, -0.2) is 14.8 Å². The van der Waals surface area contributed by atoms with Crippen LogP contribution >= 0.6 is 0 Å². The summed E-state index contributed by atoms with van der Waals surface area (Å²) in [5.74, 6) is 0. The summed E-state index contributed by atoms with van der Waals surface area (Å²) in [4.78, 5) is 4.24. The first-order chi connectivity index (χ1) is 7.25. The van der Waals surface area contributed by atoms with E-state index in [9.17, 15) is 0 Å². The maximum absolute atomic E-state index is 4.26. The van der Waals surface area contributed by atoms with Gasteiger partial charge < -0.3 is 5.32 Å². The fourth-order valence-corrected chi connectivity index (χ4v) is 1.46. The average molecular weight is 202 g/mol. The molecule has 15 heavy (non-hydrogen) atoms. The van der Waals surface area contributed by atoms with Crippen molar-refractivity contribution in [1.82, 2.24) is 14.8 Å². The Balaban J connectivity index is 2.02. The van der Waals surface area contributed by atoms with Gasteiger partial charge in [-0.3, -0.25) is 9.67 Å². The van der Waals surface area contributed by atoms with Gasteiger partial charge in [-0.15, -0.1) is 0 Å². The first-order valence-corrected chi connectivity index (χ1v) is 4.90. The molecule has 0 saturated carbocycles. The van der Waals surface area contributed by atoms with Gasteiger partial charge in [-0.25, -0.2) is 0 Å². The average Bonchev–Trinajstić information content (AvgIpc) is 2.56. The van der Waals surface area contributed by atoms with Crippen molar-refractivity contribution in [3.05, 3.63) is 42.0 Å². The SMILES string of the molecule is Cc1nn(C)cc1NCc1ccccn1. The van der Waals surface area contributed by atoms with E-state index in [1.54, 1.807) is 10.9 Å². The number of anilines is 1. The standard InChI is InChI=1S/C11H14N4/c1-9-11(8-15(2)14-9)13-7-10-5-3-4-6-12-10/h3-6,8,13H,7H2,1-2H3. The summed E-state index contributed by atoms with van der Waals surface area (Å²) in [7, 11) is 1.92. The van der Waals surface area contributed by atoms with Crippen LogP contribution < -0.4 is 5.32 Å². The molecule has 1 N–H and O–H groups in total. The maximum atomic E-state index is 4.26. The first kappa shape index (κ1) is 9.71. The van der Waals surface area contributed by atoms with Crippen LogP contribution in [0.25, 0.3) is 0 Å². The lowest BCUT2D eigenvalue weighted by Gasteiger charge is -2.03. The topological polar surface area (TPSA) is 42.7 Å². The smallest absolute Gasteiger partial charge is 0.0825 e. The zero-order chi connectivity index (χ0) is 10.7. The van der Waals surface area contributed by atoms with Gasteiger partial charge in [-0.1, -0.05) is 6.07 Å². The minimum absolute atomic E-state index is 0.730. The van der Waals surface area contributed by atoms with E-state index in [4.69, 9.17) is 0 Å². The Morgan fingerprint density at radius 2 is 2.27 bits per heavy atom. The summed E-state index contributed by atoms with van der Waals surface area (Å²) in [6, 6.07) is 5.90. The van der Waals surface area contributed by atoms with Gasteiger partial charge in [-0.05, 0) is 19.1 Å². The molecule has 0 atom stereocenters. The summed E-state index contributed by atoms with van der Waals surface area (Å²) < 4.78 is 1.80. The lowest BCUT2D eigenvalue weighted by Crippen LogP contribution is -2.01. The normalized spacial score (nSPS) is 10.3. The van der Waals surface area contributed by atoms with Crippen molar-refractivity contribution in [3.63, 3.8) is 0 Å². The molecule has 0 spiro atoms. The predicted molar refractivity (Wildman–Crippen MR) is 59.5 cm³/mol. The Kier molecular flexibility index (Phi) is 2.67. The van der Waals surface area contributed by atoms with Crippen molar-refractivity contribution in [2.75, 3.05) is 5.32 Å². The molecule has 2 rings (SSSR count). The van der Waals surface area contributed by atoms with Crippen molar-refractivity contribution in [3.8, 4) is 0 Å². The number of nitrogens with zero attached hydrogens (tertiary/aromatic N) is 3. The van der Waals surface area contributed by atoms with Crippen LogP contribution in [0.4, 0.5) is 5.69 Å². The van der Waals surface area contributed by atoms with Crippen molar-refractivity contribution < 1.29 is 0 Å². The van der Waals surface area contributed by atoms with E-state index in [0.717, 1.165) is 23.6 Å². The summed E-state index contributed by atoms with van der Waals surface area (Å²) in [5, 5.41) is 7.56. The number of aryl methyl sites for hydroxylation is 2. The molecule has 0 saturated heterocycles. The van der Waals surface area contributed by atoms with Crippen LogP contribution in [0, 0.1) is 6.92 Å². The minimum atomic E-state index is 0.730.